The van der Waals surface area contributed by atoms with E-state index in [2.05, 4.69) is 39.2 Å². The van der Waals surface area contributed by atoms with Crippen molar-refractivity contribution in [2.75, 3.05) is 45.7 Å². The number of halogens is 2. The highest BCUT2D eigenvalue weighted by Gasteiger charge is 2.14. The topological polar surface area (TPSA) is 117 Å². The third kappa shape index (κ3) is 8.93. The number of ether oxygens (including phenoxy) is 2. The van der Waals surface area contributed by atoms with Crippen molar-refractivity contribution in [2.45, 2.75) is 13.8 Å². The zero-order valence-electron chi connectivity index (χ0n) is 15.5. The van der Waals surface area contributed by atoms with Crippen molar-refractivity contribution in [3.05, 3.63) is 12.1 Å². The zero-order valence-corrected chi connectivity index (χ0v) is 17.0. The minimum absolute atomic E-state index is 0. The highest BCUT2D eigenvalue weighted by molar-refractivity contribution is 5.94. The van der Waals surface area contributed by atoms with Crippen LogP contribution in [0.25, 0.3) is 0 Å². The predicted molar refractivity (Wildman–Crippen MR) is 91.8 cm³/mol. The molecule has 26 heavy (non-hydrogen) atoms. The van der Waals surface area contributed by atoms with Crippen molar-refractivity contribution >= 4 is 23.6 Å². The Morgan fingerprint density at radius 2 is 1.92 bits per heavy atom. The van der Waals surface area contributed by atoms with Crippen LogP contribution in [0, 0.1) is 0 Å². The number of aliphatic imine (C=N–C) groups is 1. The maximum Gasteiger partial charge on any atom is 0.413 e. The number of rotatable bonds is 8. The Bertz CT molecular complexity index is 570. The van der Waals surface area contributed by atoms with E-state index in [-0.39, 0.29) is 30.8 Å². The summed E-state index contributed by atoms with van der Waals surface area (Å²) in [5.74, 6) is 1.19. The molecule has 0 radical (unpaired) electrons. The molecule has 0 spiro atoms. The lowest BCUT2D eigenvalue weighted by atomic mass is 10.3. The van der Waals surface area contributed by atoms with Gasteiger partial charge >= 0.3 is 11.9 Å². The second kappa shape index (κ2) is 14.2. The number of aromatic nitrogens is 1. The molecule has 0 fully saturated rings. The van der Waals surface area contributed by atoms with Gasteiger partial charge in [-0.1, -0.05) is 0 Å². The molecule has 9 nitrogen and oxygen atoms in total. The lowest BCUT2D eigenvalue weighted by Gasteiger charge is -2.14. The minimum atomic E-state index is -0.673. The van der Waals surface area contributed by atoms with Crippen molar-refractivity contribution in [2.24, 2.45) is 10.7 Å². The van der Waals surface area contributed by atoms with Gasteiger partial charge in [-0.25, -0.2) is 14.8 Å². The van der Waals surface area contributed by atoms with Crippen LogP contribution in [0.5, 0.6) is 5.88 Å². The number of likely N-dealkylation sites (N-methyl/N-ethyl adjacent to an activating group) is 1. The predicted octanol–water partition coefficient (Wildman–Crippen LogP) is -6.84. The number of aromatic amines is 1. The number of quaternary nitrogens is 1. The molecule has 0 bridgehead atoms. The highest BCUT2D eigenvalue weighted by atomic mass is 35.5. The standard InChI is InChI=1S/C15H26N6O3.2ClH/c1-5-21(6-2)10-9-17-13-11(7-8-12(19-13)23-3)18-14(16)20-15(22)24-4;;/h7-8H,5-6,9-10H2,1-4H3,(H,17,19)(H3,16,18,20,22);2*1H. The molecule has 1 rings (SSSR count). The minimum Gasteiger partial charge on any atom is -1.00 e. The molecule has 6 N–H and O–H groups in total. The van der Waals surface area contributed by atoms with Crippen LogP contribution in [0.2, 0.25) is 0 Å². The van der Waals surface area contributed by atoms with E-state index < -0.39 is 6.09 Å². The molecule has 150 valence electrons. The van der Waals surface area contributed by atoms with Gasteiger partial charge in [0.25, 0.3) is 5.88 Å². The molecular formula is C15H28Cl2N6O3. The van der Waals surface area contributed by atoms with E-state index in [4.69, 9.17) is 10.5 Å². The molecule has 0 aromatic carbocycles. The second-order valence-electron chi connectivity index (χ2n) is 5.03. The number of hydrogen-bond acceptors (Lipinski definition) is 5. The Labute approximate surface area is 166 Å². The Balaban J connectivity index is 0. The average molecular weight is 411 g/mol. The molecular weight excluding hydrogens is 383 g/mol. The zero-order chi connectivity index (χ0) is 17.9. The number of carbonyl (C=O) groups excluding carboxylic acids is 1. The first-order chi connectivity index (χ1) is 11.5. The SMILES string of the molecule is CC[NH+](CC)CCNc1[nH+]c(OC)ccc1N=C(N)NC(=O)OC.[Cl-].[Cl-]. The first kappa shape index (κ1) is 26.3. The molecule has 1 aromatic rings. The van der Waals surface area contributed by atoms with Gasteiger partial charge in [-0.15, -0.1) is 0 Å². The van der Waals surface area contributed by atoms with E-state index in [0.29, 0.717) is 17.4 Å². The van der Waals surface area contributed by atoms with Crippen LogP contribution in [0.1, 0.15) is 13.8 Å². The molecule has 0 aliphatic rings. The van der Waals surface area contributed by atoms with Crippen LogP contribution in [0.4, 0.5) is 16.3 Å². The molecule has 0 aliphatic carbocycles. The van der Waals surface area contributed by atoms with Gasteiger partial charge in [0.15, 0.2) is 5.69 Å². The summed E-state index contributed by atoms with van der Waals surface area (Å²) in [6.45, 7) is 8.18. The quantitative estimate of drug-likeness (QED) is 0.251. The summed E-state index contributed by atoms with van der Waals surface area (Å²) in [6.07, 6.45) is -0.673. The van der Waals surface area contributed by atoms with Gasteiger partial charge in [-0.05, 0) is 19.9 Å². The largest absolute Gasteiger partial charge is 1.00 e. The number of pyridine rings is 1. The number of anilines is 1. The van der Waals surface area contributed by atoms with Crippen molar-refractivity contribution in [1.82, 2.24) is 5.32 Å². The van der Waals surface area contributed by atoms with E-state index in [9.17, 15) is 4.79 Å². The van der Waals surface area contributed by atoms with Crippen LogP contribution in [0.15, 0.2) is 17.1 Å². The van der Waals surface area contributed by atoms with Crippen molar-refractivity contribution in [3.63, 3.8) is 0 Å². The molecule has 1 aromatic heterocycles. The van der Waals surface area contributed by atoms with Gasteiger partial charge in [0.1, 0.15) is 13.1 Å². The summed E-state index contributed by atoms with van der Waals surface area (Å²) < 4.78 is 9.68. The smallest absolute Gasteiger partial charge is 0.413 e. The lowest BCUT2D eigenvalue weighted by Crippen LogP contribution is -3.12. The second-order valence-corrected chi connectivity index (χ2v) is 5.03. The Kier molecular flexibility index (Phi) is 14.4. The van der Waals surface area contributed by atoms with Crippen LogP contribution in [-0.2, 0) is 4.74 Å². The number of alkyl carbamates (subject to hydrolysis) is 1. The van der Waals surface area contributed by atoms with Gasteiger partial charge in [-0.3, -0.25) is 10.6 Å². The highest BCUT2D eigenvalue weighted by Crippen LogP contribution is 2.21. The van der Waals surface area contributed by atoms with Gasteiger partial charge < -0.3 is 44.9 Å². The molecule has 0 saturated heterocycles. The molecule has 11 heteroatoms. The number of H-pyrrole nitrogens is 1. The van der Waals surface area contributed by atoms with Gasteiger partial charge in [-0.2, -0.15) is 0 Å². The summed E-state index contributed by atoms with van der Waals surface area (Å²) in [7, 11) is 2.83. The van der Waals surface area contributed by atoms with E-state index in [1.807, 2.05) is 0 Å². The van der Waals surface area contributed by atoms with Crippen LogP contribution < -0.4 is 55.8 Å². The third-order valence-electron chi connectivity index (χ3n) is 3.55. The Morgan fingerprint density at radius 3 is 2.46 bits per heavy atom. The van der Waals surface area contributed by atoms with Gasteiger partial charge in [0.2, 0.25) is 5.96 Å². The fourth-order valence-corrected chi connectivity index (χ4v) is 2.10. The summed E-state index contributed by atoms with van der Waals surface area (Å²) in [4.78, 5) is 19.9. The van der Waals surface area contributed by atoms with Crippen molar-refractivity contribution in [1.29, 1.82) is 0 Å². The van der Waals surface area contributed by atoms with Crippen LogP contribution >= 0.6 is 0 Å². The third-order valence-corrected chi connectivity index (χ3v) is 3.55. The number of hydrogen-bond donors (Lipinski definition) is 4. The van der Waals surface area contributed by atoms with E-state index in [1.54, 1.807) is 19.2 Å². The number of nitrogens with zero attached hydrogens (tertiary/aromatic N) is 1. The van der Waals surface area contributed by atoms with Gasteiger partial charge in [0.05, 0.1) is 27.3 Å². The summed E-state index contributed by atoms with van der Waals surface area (Å²) in [5.41, 5.74) is 6.26. The molecule has 0 atom stereocenters. The summed E-state index contributed by atoms with van der Waals surface area (Å²) in [5, 5.41) is 5.61. The van der Waals surface area contributed by atoms with E-state index in [1.165, 1.54) is 12.0 Å². The number of guanidine groups is 1. The molecule has 0 saturated carbocycles. The fraction of sp³-hybridized carbons (Fsp3) is 0.533. The molecule has 0 aliphatic heterocycles. The number of carbonyl (C=O) groups is 1. The number of nitrogens with two attached hydrogens (primary N) is 1. The first-order valence-electron chi connectivity index (χ1n) is 7.90. The molecule has 0 unspecified atom stereocenters. The maximum atomic E-state index is 11.2. The normalized spacial score (nSPS) is 10.4. The molecule has 1 amide bonds. The Hall–Kier alpha value is -1.97. The number of methoxy groups -OCH3 is 2. The van der Waals surface area contributed by atoms with Crippen molar-refractivity contribution in [3.8, 4) is 5.88 Å². The monoisotopic (exact) mass is 410 g/mol. The van der Waals surface area contributed by atoms with Crippen molar-refractivity contribution < 1.29 is 49.0 Å². The van der Waals surface area contributed by atoms with Crippen LogP contribution in [0.3, 0.4) is 0 Å². The molecule has 1 heterocycles. The first-order valence-corrected chi connectivity index (χ1v) is 7.90. The summed E-state index contributed by atoms with van der Waals surface area (Å²) in [6, 6.07) is 3.47. The maximum absolute atomic E-state index is 11.2. The van der Waals surface area contributed by atoms with E-state index in [0.717, 1.165) is 26.2 Å². The van der Waals surface area contributed by atoms with Crippen LogP contribution in [-0.4, -0.2) is 52.5 Å². The lowest BCUT2D eigenvalue weighted by molar-refractivity contribution is -0.894. The summed E-state index contributed by atoms with van der Waals surface area (Å²) >= 11 is 0. The number of amides is 1. The van der Waals surface area contributed by atoms with Gasteiger partial charge in [0, 0.05) is 6.07 Å². The Morgan fingerprint density at radius 1 is 1.27 bits per heavy atom. The fourth-order valence-electron chi connectivity index (χ4n) is 2.10. The average Bonchev–Trinajstić information content (AvgIpc) is 2.59. The van der Waals surface area contributed by atoms with E-state index >= 15 is 0 Å². The number of nitrogens with one attached hydrogen (secondary N) is 4.